The molecule has 2 amide bonds. The van der Waals surface area contributed by atoms with Gasteiger partial charge in [-0.3, -0.25) is 0 Å². The van der Waals surface area contributed by atoms with Crippen LogP contribution in [0.25, 0.3) is 0 Å². The molecule has 1 unspecified atom stereocenters. The number of hydrogen-bond donors (Lipinski definition) is 1. The minimum Gasteiger partial charge on any atom is -0.328 e. The summed E-state index contributed by atoms with van der Waals surface area (Å²) in [5, 5.41) is 3.33. The van der Waals surface area contributed by atoms with Gasteiger partial charge in [-0.25, -0.2) is 4.79 Å². The average molecular weight is 315 g/mol. The third kappa shape index (κ3) is 3.69. The first-order chi connectivity index (χ1) is 11.0. The van der Waals surface area contributed by atoms with Crippen LogP contribution in [0, 0.1) is 6.92 Å². The molecule has 4 nitrogen and oxygen atoms in total. The van der Waals surface area contributed by atoms with Crippen molar-refractivity contribution in [1.29, 1.82) is 0 Å². The van der Waals surface area contributed by atoms with Crippen LogP contribution in [0.2, 0.25) is 0 Å². The van der Waals surface area contributed by atoms with E-state index in [-0.39, 0.29) is 11.6 Å². The van der Waals surface area contributed by atoms with Crippen LogP contribution in [-0.2, 0) is 5.54 Å². The van der Waals surface area contributed by atoms with Gasteiger partial charge in [0.15, 0.2) is 0 Å². The maximum absolute atomic E-state index is 12.7. The summed E-state index contributed by atoms with van der Waals surface area (Å²) in [6.07, 6.45) is 5.44. The van der Waals surface area contributed by atoms with Crippen molar-refractivity contribution in [2.75, 3.05) is 27.2 Å². The highest BCUT2D eigenvalue weighted by molar-refractivity contribution is 5.76. The Morgan fingerprint density at radius 2 is 2.04 bits per heavy atom. The SMILES string of the molecule is Cc1cccc(C2(NC(=O)N3CCCC(N(C)C)CC3)CC2)c1. The van der Waals surface area contributed by atoms with Crippen molar-refractivity contribution in [3.8, 4) is 0 Å². The fraction of sp³-hybridized carbons (Fsp3) is 0.632. The van der Waals surface area contributed by atoms with Gasteiger partial charge in [0, 0.05) is 19.1 Å². The first-order valence-corrected chi connectivity index (χ1v) is 8.81. The van der Waals surface area contributed by atoms with Gasteiger partial charge in [0.2, 0.25) is 0 Å². The van der Waals surface area contributed by atoms with Gasteiger partial charge < -0.3 is 15.1 Å². The second-order valence-corrected chi connectivity index (χ2v) is 7.42. The third-order valence-corrected chi connectivity index (χ3v) is 5.38. The molecule has 1 aromatic rings. The summed E-state index contributed by atoms with van der Waals surface area (Å²) in [6, 6.07) is 9.26. The van der Waals surface area contributed by atoms with E-state index in [4.69, 9.17) is 0 Å². The molecule has 4 heteroatoms. The van der Waals surface area contributed by atoms with Crippen molar-refractivity contribution >= 4 is 6.03 Å². The molecule has 0 bridgehead atoms. The van der Waals surface area contributed by atoms with E-state index in [0.29, 0.717) is 6.04 Å². The Bertz CT molecular complexity index is 565. The van der Waals surface area contributed by atoms with Gasteiger partial charge in [0.1, 0.15) is 0 Å². The molecule has 1 aliphatic heterocycles. The zero-order valence-corrected chi connectivity index (χ0v) is 14.6. The fourth-order valence-electron chi connectivity index (χ4n) is 3.64. The van der Waals surface area contributed by atoms with Crippen molar-refractivity contribution in [2.45, 2.75) is 50.6 Å². The number of carbonyl (C=O) groups is 1. The molecule has 3 rings (SSSR count). The molecule has 0 spiro atoms. The van der Waals surface area contributed by atoms with Crippen molar-refractivity contribution in [1.82, 2.24) is 15.1 Å². The number of benzene rings is 1. The number of nitrogens with zero attached hydrogens (tertiary/aromatic N) is 2. The summed E-state index contributed by atoms with van der Waals surface area (Å²) in [6.45, 7) is 3.84. The molecule has 0 radical (unpaired) electrons. The van der Waals surface area contributed by atoms with Crippen LogP contribution < -0.4 is 5.32 Å². The smallest absolute Gasteiger partial charge is 0.318 e. The molecule has 0 aromatic heterocycles. The molecule has 1 heterocycles. The highest BCUT2D eigenvalue weighted by atomic mass is 16.2. The number of aryl methyl sites for hydroxylation is 1. The molecule has 23 heavy (non-hydrogen) atoms. The average Bonchev–Trinajstić information content (AvgIpc) is 3.30. The predicted octanol–water partition coefficient (Wildman–Crippen LogP) is 3.11. The Hall–Kier alpha value is -1.55. The molecule has 126 valence electrons. The monoisotopic (exact) mass is 315 g/mol. The lowest BCUT2D eigenvalue weighted by Gasteiger charge is -2.26. The minimum atomic E-state index is -0.115. The maximum Gasteiger partial charge on any atom is 0.318 e. The highest BCUT2D eigenvalue weighted by Gasteiger charge is 2.46. The Balaban J connectivity index is 1.63. The lowest BCUT2D eigenvalue weighted by molar-refractivity contribution is 0.192. The number of rotatable bonds is 3. The number of carbonyl (C=O) groups excluding carboxylic acids is 1. The summed E-state index contributed by atoms with van der Waals surface area (Å²) in [4.78, 5) is 17.0. The summed E-state index contributed by atoms with van der Waals surface area (Å²) >= 11 is 0. The lowest BCUT2D eigenvalue weighted by atomic mass is 10.0. The molecular formula is C19H29N3O. The van der Waals surface area contributed by atoms with Crippen LogP contribution in [-0.4, -0.2) is 49.1 Å². The molecule has 1 atom stereocenters. The number of amides is 2. The van der Waals surface area contributed by atoms with E-state index in [0.717, 1.165) is 38.8 Å². The van der Waals surface area contributed by atoms with Gasteiger partial charge in [0.25, 0.3) is 0 Å². The zero-order chi connectivity index (χ0) is 16.4. The van der Waals surface area contributed by atoms with Gasteiger partial charge in [0.05, 0.1) is 5.54 Å². The normalized spacial score (nSPS) is 23.5. The van der Waals surface area contributed by atoms with Crippen molar-refractivity contribution < 1.29 is 4.79 Å². The van der Waals surface area contributed by atoms with Gasteiger partial charge in [-0.1, -0.05) is 29.8 Å². The molecule has 2 fully saturated rings. The van der Waals surface area contributed by atoms with Gasteiger partial charge >= 0.3 is 6.03 Å². The number of hydrogen-bond acceptors (Lipinski definition) is 2. The van der Waals surface area contributed by atoms with E-state index in [2.05, 4.69) is 55.5 Å². The minimum absolute atomic E-state index is 0.114. The Morgan fingerprint density at radius 3 is 2.70 bits per heavy atom. The maximum atomic E-state index is 12.7. The fourth-order valence-corrected chi connectivity index (χ4v) is 3.64. The van der Waals surface area contributed by atoms with E-state index in [9.17, 15) is 4.79 Å². The number of urea groups is 1. The van der Waals surface area contributed by atoms with Gasteiger partial charge in [-0.15, -0.1) is 0 Å². The number of likely N-dealkylation sites (tertiary alicyclic amines) is 1. The van der Waals surface area contributed by atoms with Crippen LogP contribution in [0.3, 0.4) is 0 Å². The van der Waals surface area contributed by atoms with Crippen molar-refractivity contribution in [3.63, 3.8) is 0 Å². The summed E-state index contributed by atoms with van der Waals surface area (Å²) < 4.78 is 0. The third-order valence-electron chi connectivity index (χ3n) is 5.38. The highest BCUT2D eigenvalue weighted by Crippen LogP contribution is 2.45. The molecule has 1 aliphatic carbocycles. The summed E-state index contributed by atoms with van der Waals surface area (Å²) in [5.41, 5.74) is 2.40. The van der Waals surface area contributed by atoms with Crippen LogP contribution in [0.15, 0.2) is 24.3 Å². The van der Waals surface area contributed by atoms with E-state index in [1.54, 1.807) is 0 Å². The van der Waals surface area contributed by atoms with Crippen molar-refractivity contribution in [2.24, 2.45) is 0 Å². The summed E-state index contributed by atoms with van der Waals surface area (Å²) in [5.74, 6) is 0. The largest absolute Gasteiger partial charge is 0.328 e. The van der Waals surface area contributed by atoms with E-state index in [1.165, 1.54) is 17.5 Å². The van der Waals surface area contributed by atoms with Crippen LogP contribution in [0.4, 0.5) is 4.79 Å². The molecule has 1 aromatic carbocycles. The van der Waals surface area contributed by atoms with Crippen LogP contribution in [0.5, 0.6) is 0 Å². The van der Waals surface area contributed by atoms with Crippen molar-refractivity contribution in [3.05, 3.63) is 35.4 Å². The second-order valence-electron chi connectivity index (χ2n) is 7.42. The summed E-state index contributed by atoms with van der Waals surface area (Å²) in [7, 11) is 4.27. The van der Waals surface area contributed by atoms with Crippen LogP contribution >= 0.6 is 0 Å². The first-order valence-electron chi connectivity index (χ1n) is 8.81. The molecule has 1 N–H and O–H groups in total. The second kappa shape index (κ2) is 6.52. The van der Waals surface area contributed by atoms with E-state index in [1.807, 2.05) is 4.90 Å². The molecule has 1 saturated heterocycles. The molecule has 2 aliphatic rings. The topological polar surface area (TPSA) is 35.6 Å². The Labute approximate surface area is 139 Å². The lowest BCUT2D eigenvalue weighted by Crippen LogP contribution is -2.45. The first kappa shape index (κ1) is 16.3. The quantitative estimate of drug-likeness (QED) is 0.930. The molecule has 1 saturated carbocycles. The van der Waals surface area contributed by atoms with Gasteiger partial charge in [-0.05, 0) is 58.7 Å². The molecular weight excluding hydrogens is 286 g/mol. The van der Waals surface area contributed by atoms with Crippen LogP contribution in [0.1, 0.15) is 43.2 Å². The van der Waals surface area contributed by atoms with Gasteiger partial charge in [-0.2, -0.15) is 0 Å². The zero-order valence-electron chi connectivity index (χ0n) is 14.6. The van der Waals surface area contributed by atoms with E-state index >= 15 is 0 Å². The number of nitrogens with one attached hydrogen (secondary N) is 1. The Morgan fingerprint density at radius 1 is 1.26 bits per heavy atom. The standard InChI is InChI=1S/C19H29N3O/c1-15-6-4-7-16(14-15)19(10-11-19)20-18(23)22-12-5-8-17(9-13-22)21(2)3/h4,6-7,14,17H,5,8-13H2,1-3H3,(H,20,23). The Kier molecular flexibility index (Phi) is 4.62. The van der Waals surface area contributed by atoms with E-state index < -0.39 is 0 Å². The predicted molar refractivity (Wildman–Crippen MR) is 93.5 cm³/mol.